The fourth-order valence-electron chi connectivity index (χ4n) is 3.32. The molecule has 1 aliphatic rings. The van der Waals surface area contributed by atoms with Gasteiger partial charge in [0.25, 0.3) is 0 Å². The summed E-state index contributed by atoms with van der Waals surface area (Å²) in [5.74, 6) is 0.835. The molecule has 19 heavy (non-hydrogen) atoms. The van der Waals surface area contributed by atoms with Crippen LogP contribution in [0, 0.1) is 5.92 Å². The molecule has 0 saturated heterocycles. The molecule has 0 bridgehead atoms. The second-order valence-corrected chi connectivity index (χ2v) is 7.78. The van der Waals surface area contributed by atoms with Crippen LogP contribution in [0.2, 0.25) is 4.34 Å². The highest BCUT2D eigenvalue weighted by molar-refractivity contribution is 7.16. The zero-order valence-corrected chi connectivity index (χ0v) is 13.7. The molecule has 1 saturated carbocycles. The first-order chi connectivity index (χ1) is 8.99. The standard InChI is InChI=1S/C15H25ClN2S/c1-10-5-4-6-12(9-10)18(3)15(11(2)17)13-7-8-14(16)19-13/h7-8,10-12,15H,4-6,9,17H2,1-3H3. The van der Waals surface area contributed by atoms with Gasteiger partial charge in [-0.25, -0.2) is 0 Å². The normalized spacial score (nSPS) is 27.5. The average molecular weight is 301 g/mol. The Hall–Kier alpha value is -0.0900. The van der Waals surface area contributed by atoms with Crippen molar-refractivity contribution in [3.8, 4) is 0 Å². The van der Waals surface area contributed by atoms with Crippen LogP contribution in [-0.4, -0.2) is 24.0 Å². The van der Waals surface area contributed by atoms with Gasteiger partial charge in [-0.3, -0.25) is 4.90 Å². The van der Waals surface area contributed by atoms with Crippen LogP contribution in [0.1, 0.15) is 50.4 Å². The van der Waals surface area contributed by atoms with Crippen LogP contribution in [0.5, 0.6) is 0 Å². The molecular formula is C15H25ClN2S. The number of nitrogens with zero attached hydrogens (tertiary/aromatic N) is 1. The van der Waals surface area contributed by atoms with Gasteiger partial charge in [0.05, 0.1) is 10.4 Å². The van der Waals surface area contributed by atoms with E-state index < -0.39 is 0 Å². The minimum Gasteiger partial charge on any atom is -0.326 e. The molecule has 4 unspecified atom stereocenters. The van der Waals surface area contributed by atoms with Gasteiger partial charge in [-0.2, -0.15) is 0 Å². The molecule has 1 heterocycles. The Morgan fingerprint density at radius 1 is 1.42 bits per heavy atom. The summed E-state index contributed by atoms with van der Waals surface area (Å²) >= 11 is 7.74. The largest absolute Gasteiger partial charge is 0.326 e. The molecule has 1 fully saturated rings. The van der Waals surface area contributed by atoms with E-state index in [-0.39, 0.29) is 12.1 Å². The summed E-state index contributed by atoms with van der Waals surface area (Å²) < 4.78 is 0.853. The van der Waals surface area contributed by atoms with Gasteiger partial charge >= 0.3 is 0 Å². The van der Waals surface area contributed by atoms with Gasteiger partial charge < -0.3 is 5.73 Å². The monoisotopic (exact) mass is 300 g/mol. The summed E-state index contributed by atoms with van der Waals surface area (Å²) in [5, 5.41) is 0. The van der Waals surface area contributed by atoms with E-state index in [1.807, 2.05) is 6.07 Å². The van der Waals surface area contributed by atoms with Crippen molar-refractivity contribution in [2.45, 2.75) is 57.7 Å². The van der Waals surface area contributed by atoms with Crippen molar-refractivity contribution in [3.05, 3.63) is 21.3 Å². The average Bonchev–Trinajstić information content (AvgIpc) is 2.75. The minimum absolute atomic E-state index is 0.122. The molecule has 0 aliphatic heterocycles. The van der Waals surface area contributed by atoms with E-state index in [0.29, 0.717) is 6.04 Å². The molecule has 1 aromatic heterocycles. The molecule has 0 radical (unpaired) electrons. The van der Waals surface area contributed by atoms with Crippen molar-refractivity contribution in [2.75, 3.05) is 7.05 Å². The van der Waals surface area contributed by atoms with Crippen molar-refractivity contribution < 1.29 is 0 Å². The maximum atomic E-state index is 6.24. The van der Waals surface area contributed by atoms with Crippen molar-refractivity contribution in [3.63, 3.8) is 0 Å². The van der Waals surface area contributed by atoms with Crippen LogP contribution in [0.3, 0.4) is 0 Å². The third-order valence-electron chi connectivity index (χ3n) is 4.31. The first kappa shape index (κ1) is 15.3. The quantitative estimate of drug-likeness (QED) is 0.898. The second-order valence-electron chi connectivity index (χ2n) is 6.04. The summed E-state index contributed by atoms with van der Waals surface area (Å²) in [5.41, 5.74) is 6.24. The second kappa shape index (κ2) is 6.57. The highest BCUT2D eigenvalue weighted by atomic mass is 35.5. The SMILES string of the molecule is CC1CCCC(N(C)C(c2ccc(Cl)s2)C(C)N)C1. The lowest BCUT2D eigenvalue weighted by Gasteiger charge is -2.40. The van der Waals surface area contributed by atoms with E-state index in [9.17, 15) is 0 Å². The Kier molecular flexibility index (Phi) is 5.29. The molecule has 4 heteroatoms. The van der Waals surface area contributed by atoms with E-state index in [1.54, 1.807) is 11.3 Å². The summed E-state index contributed by atoms with van der Waals surface area (Å²) in [6, 6.07) is 5.17. The van der Waals surface area contributed by atoms with E-state index >= 15 is 0 Å². The van der Waals surface area contributed by atoms with Crippen LogP contribution < -0.4 is 5.73 Å². The number of rotatable bonds is 4. The van der Waals surface area contributed by atoms with Crippen molar-refractivity contribution >= 4 is 22.9 Å². The molecular weight excluding hydrogens is 276 g/mol. The third kappa shape index (κ3) is 3.72. The Bertz CT molecular complexity index is 405. The van der Waals surface area contributed by atoms with Crippen LogP contribution >= 0.6 is 22.9 Å². The van der Waals surface area contributed by atoms with Gasteiger partial charge in [0.2, 0.25) is 0 Å². The predicted octanol–water partition coefficient (Wildman–Crippen LogP) is 4.30. The highest BCUT2D eigenvalue weighted by Gasteiger charge is 2.30. The van der Waals surface area contributed by atoms with Gasteiger partial charge in [-0.15, -0.1) is 11.3 Å². The van der Waals surface area contributed by atoms with Crippen molar-refractivity contribution in [1.29, 1.82) is 0 Å². The first-order valence-corrected chi connectivity index (χ1v) is 8.41. The van der Waals surface area contributed by atoms with Crippen molar-refractivity contribution in [2.24, 2.45) is 11.7 Å². The van der Waals surface area contributed by atoms with Gasteiger partial charge in [0.1, 0.15) is 0 Å². The molecule has 2 N–H and O–H groups in total. The fraction of sp³-hybridized carbons (Fsp3) is 0.733. The fourth-order valence-corrected chi connectivity index (χ4v) is 4.65. The van der Waals surface area contributed by atoms with Gasteiger partial charge in [-0.1, -0.05) is 31.4 Å². The molecule has 4 atom stereocenters. The molecule has 2 rings (SSSR count). The van der Waals surface area contributed by atoms with E-state index in [0.717, 1.165) is 10.3 Å². The molecule has 0 amide bonds. The first-order valence-electron chi connectivity index (χ1n) is 7.21. The molecule has 108 valence electrons. The molecule has 0 aromatic carbocycles. The topological polar surface area (TPSA) is 29.3 Å². The molecule has 1 aromatic rings. The summed E-state index contributed by atoms with van der Waals surface area (Å²) in [6.45, 7) is 4.46. The predicted molar refractivity (Wildman–Crippen MR) is 84.9 cm³/mol. The van der Waals surface area contributed by atoms with Gasteiger partial charge in [0, 0.05) is 17.0 Å². The zero-order valence-electron chi connectivity index (χ0n) is 12.1. The summed E-state index contributed by atoms with van der Waals surface area (Å²) in [7, 11) is 2.23. The third-order valence-corrected chi connectivity index (χ3v) is 5.61. The van der Waals surface area contributed by atoms with Crippen LogP contribution in [0.15, 0.2) is 12.1 Å². The Labute approximate surface area is 125 Å². The van der Waals surface area contributed by atoms with Gasteiger partial charge in [-0.05, 0) is 44.9 Å². The molecule has 2 nitrogen and oxygen atoms in total. The van der Waals surface area contributed by atoms with Crippen LogP contribution in [0.4, 0.5) is 0 Å². The lowest BCUT2D eigenvalue weighted by atomic mass is 9.85. The van der Waals surface area contributed by atoms with Crippen molar-refractivity contribution in [1.82, 2.24) is 4.90 Å². The molecule has 1 aliphatic carbocycles. The number of thiophene rings is 1. The zero-order chi connectivity index (χ0) is 14.0. The van der Waals surface area contributed by atoms with Gasteiger partial charge in [0.15, 0.2) is 0 Å². The Balaban J connectivity index is 2.14. The maximum absolute atomic E-state index is 6.24. The minimum atomic E-state index is 0.122. The number of nitrogens with two attached hydrogens (primary N) is 1. The number of hydrogen-bond acceptors (Lipinski definition) is 3. The highest BCUT2D eigenvalue weighted by Crippen LogP contribution is 2.36. The Morgan fingerprint density at radius 2 is 2.16 bits per heavy atom. The number of likely N-dealkylation sites (N-methyl/N-ethyl adjacent to an activating group) is 1. The summed E-state index contributed by atoms with van der Waals surface area (Å²) in [6.07, 6.45) is 5.30. The van der Waals surface area contributed by atoms with E-state index in [4.69, 9.17) is 17.3 Å². The lowest BCUT2D eigenvalue weighted by molar-refractivity contribution is 0.108. The lowest BCUT2D eigenvalue weighted by Crippen LogP contribution is -2.44. The van der Waals surface area contributed by atoms with E-state index in [1.165, 1.54) is 30.6 Å². The van der Waals surface area contributed by atoms with Crippen LogP contribution in [-0.2, 0) is 0 Å². The number of hydrogen-bond donors (Lipinski definition) is 1. The van der Waals surface area contributed by atoms with Crippen LogP contribution in [0.25, 0.3) is 0 Å². The smallest absolute Gasteiger partial charge is 0.0931 e. The summed E-state index contributed by atoms with van der Waals surface area (Å²) in [4.78, 5) is 3.78. The molecule has 0 spiro atoms. The maximum Gasteiger partial charge on any atom is 0.0931 e. The van der Waals surface area contributed by atoms with E-state index in [2.05, 4.69) is 31.9 Å². The number of halogens is 1. The Morgan fingerprint density at radius 3 is 2.68 bits per heavy atom.